The Morgan fingerprint density at radius 1 is 1.23 bits per heavy atom. The highest BCUT2D eigenvalue weighted by atomic mass is 16.6. The first kappa shape index (κ1) is 17.2. The first-order valence-corrected chi connectivity index (χ1v) is 6.55. The lowest BCUT2D eigenvalue weighted by atomic mass is 10.2. The van der Waals surface area contributed by atoms with E-state index in [0.29, 0.717) is 5.69 Å². The van der Waals surface area contributed by atoms with E-state index in [1.807, 2.05) is 0 Å². The van der Waals surface area contributed by atoms with E-state index in [9.17, 15) is 19.7 Å². The van der Waals surface area contributed by atoms with Crippen LogP contribution in [0.15, 0.2) is 36.0 Å². The minimum Gasteiger partial charge on any atom is -0.462 e. The molecule has 1 N–H and O–H groups in total. The van der Waals surface area contributed by atoms with Crippen LogP contribution < -0.4 is 5.32 Å². The fourth-order valence-corrected chi connectivity index (χ4v) is 1.48. The van der Waals surface area contributed by atoms with E-state index in [1.165, 1.54) is 18.2 Å². The summed E-state index contributed by atoms with van der Waals surface area (Å²) in [7, 11) is 0. The van der Waals surface area contributed by atoms with Crippen molar-refractivity contribution in [3.05, 3.63) is 46.2 Å². The molecule has 0 fully saturated rings. The molecule has 0 aliphatic rings. The second-order valence-electron chi connectivity index (χ2n) is 3.95. The molecule has 0 aliphatic heterocycles. The Morgan fingerprint density at radius 3 is 2.32 bits per heavy atom. The van der Waals surface area contributed by atoms with Gasteiger partial charge in [-0.1, -0.05) is 6.07 Å². The second-order valence-corrected chi connectivity index (χ2v) is 3.95. The van der Waals surface area contributed by atoms with Crippen LogP contribution in [0.2, 0.25) is 0 Å². The van der Waals surface area contributed by atoms with Crippen molar-refractivity contribution in [2.75, 3.05) is 18.5 Å². The molecule has 8 nitrogen and oxygen atoms in total. The van der Waals surface area contributed by atoms with Crippen LogP contribution in [0, 0.1) is 10.1 Å². The summed E-state index contributed by atoms with van der Waals surface area (Å²) in [5.41, 5.74) is -0.0947. The summed E-state index contributed by atoms with van der Waals surface area (Å²) in [5.74, 6) is -1.67. The van der Waals surface area contributed by atoms with E-state index in [-0.39, 0.29) is 24.5 Å². The normalized spacial score (nSPS) is 9.55. The summed E-state index contributed by atoms with van der Waals surface area (Å²) in [6.07, 6.45) is 1.11. The van der Waals surface area contributed by atoms with E-state index in [0.717, 1.165) is 6.20 Å². The number of non-ortho nitro benzene ring substituents is 1. The van der Waals surface area contributed by atoms with Crippen molar-refractivity contribution in [2.24, 2.45) is 0 Å². The number of esters is 2. The molecule has 0 heterocycles. The maximum absolute atomic E-state index is 11.7. The zero-order valence-electron chi connectivity index (χ0n) is 12.2. The fourth-order valence-electron chi connectivity index (χ4n) is 1.48. The number of rotatable bonds is 7. The minimum absolute atomic E-state index is 0.104. The van der Waals surface area contributed by atoms with Crippen LogP contribution in [0.3, 0.4) is 0 Å². The van der Waals surface area contributed by atoms with Crippen molar-refractivity contribution in [3.63, 3.8) is 0 Å². The van der Waals surface area contributed by atoms with E-state index >= 15 is 0 Å². The Balaban J connectivity index is 2.97. The van der Waals surface area contributed by atoms with Gasteiger partial charge in [0.25, 0.3) is 5.69 Å². The molecule has 22 heavy (non-hydrogen) atoms. The molecule has 1 aromatic carbocycles. The molecule has 8 heteroatoms. The number of benzene rings is 1. The number of hydrogen-bond acceptors (Lipinski definition) is 7. The van der Waals surface area contributed by atoms with Crippen LogP contribution in [-0.4, -0.2) is 30.1 Å². The largest absolute Gasteiger partial charge is 0.462 e. The third-order valence-corrected chi connectivity index (χ3v) is 2.43. The number of ether oxygens (including phenoxy) is 2. The molecule has 1 aromatic rings. The van der Waals surface area contributed by atoms with Crippen molar-refractivity contribution in [1.82, 2.24) is 0 Å². The molecule has 0 aliphatic carbocycles. The zero-order chi connectivity index (χ0) is 16.5. The quantitative estimate of drug-likeness (QED) is 0.205. The Labute approximate surface area is 126 Å². The maximum Gasteiger partial charge on any atom is 0.347 e. The van der Waals surface area contributed by atoms with Gasteiger partial charge in [0.1, 0.15) is 0 Å². The average Bonchev–Trinajstić information content (AvgIpc) is 2.48. The topological polar surface area (TPSA) is 108 Å². The molecular weight excluding hydrogens is 292 g/mol. The van der Waals surface area contributed by atoms with E-state index in [1.54, 1.807) is 19.9 Å². The number of carbonyl (C=O) groups excluding carboxylic acids is 2. The van der Waals surface area contributed by atoms with Gasteiger partial charge < -0.3 is 14.8 Å². The molecule has 0 saturated heterocycles. The monoisotopic (exact) mass is 308 g/mol. The molecule has 118 valence electrons. The zero-order valence-corrected chi connectivity index (χ0v) is 12.2. The molecule has 0 aromatic heterocycles. The number of nitro groups is 1. The Bertz CT molecular complexity index is 577. The summed E-state index contributed by atoms with van der Waals surface area (Å²) in [4.78, 5) is 33.6. The lowest BCUT2D eigenvalue weighted by Gasteiger charge is -2.07. The third-order valence-electron chi connectivity index (χ3n) is 2.43. The van der Waals surface area contributed by atoms with E-state index in [2.05, 4.69) is 5.32 Å². The predicted octanol–water partition coefficient (Wildman–Crippen LogP) is 2.02. The Hall–Kier alpha value is -2.90. The van der Waals surface area contributed by atoms with Crippen LogP contribution in [0.4, 0.5) is 11.4 Å². The van der Waals surface area contributed by atoms with Gasteiger partial charge in [-0.3, -0.25) is 10.1 Å². The molecular formula is C14H16N2O6. The Morgan fingerprint density at radius 2 is 1.82 bits per heavy atom. The van der Waals surface area contributed by atoms with Gasteiger partial charge in [-0.25, -0.2) is 9.59 Å². The van der Waals surface area contributed by atoms with Crippen molar-refractivity contribution >= 4 is 23.3 Å². The van der Waals surface area contributed by atoms with Crippen LogP contribution in [0.1, 0.15) is 13.8 Å². The molecule has 0 spiro atoms. The van der Waals surface area contributed by atoms with E-state index < -0.39 is 16.9 Å². The minimum atomic E-state index is -0.834. The number of nitro benzene ring substituents is 1. The number of anilines is 1. The highest BCUT2D eigenvalue weighted by Gasteiger charge is 2.21. The molecule has 0 unspecified atom stereocenters. The van der Waals surface area contributed by atoms with Gasteiger partial charge in [0, 0.05) is 24.0 Å². The molecule has 1 rings (SSSR count). The van der Waals surface area contributed by atoms with Crippen molar-refractivity contribution in [3.8, 4) is 0 Å². The molecule has 0 atom stereocenters. The maximum atomic E-state index is 11.7. The first-order chi connectivity index (χ1) is 10.5. The standard InChI is InChI=1S/C14H16N2O6/c1-3-21-13(17)12(14(18)22-4-2)9-15-10-6-5-7-11(8-10)16(19)20/h5-9,15H,3-4H2,1-2H3. The number of nitrogens with one attached hydrogen (secondary N) is 1. The van der Waals surface area contributed by atoms with Gasteiger partial charge >= 0.3 is 11.9 Å². The van der Waals surface area contributed by atoms with Crippen LogP contribution >= 0.6 is 0 Å². The third kappa shape index (κ3) is 4.89. The van der Waals surface area contributed by atoms with E-state index in [4.69, 9.17) is 9.47 Å². The smallest absolute Gasteiger partial charge is 0.347 e. The summed E-state index contributed by atoms with van der Waals surface area (Å²) in [6.45, 7) is 3.42. The number of carbonyl (C=O) groups is 2. The summed E-state index contributed by atoms with van der Waals surface area (Å²) < 4.78 is 9.53. The van der Waals surface area contributed by atoms with Crippen LogP contribution in [0.25, 0.3) is 0 Å². The van der Waals surface area contributed by atoms with Gasteiger partial charge in [-0.15, -0.1) is 0 Å². The summed E-state index contributed by atoms with van der Waals surface area (Å²) in [6, 6.07) is 5.62. The molecule has 0 bridgehead atoms. The van der Waals surface area contributed by atoms with Crippen molar-refractivity contribution in [1.29, 1.82) is 0 Å². The molecule has 0 amide bonds. The highest BCUT2D eigenvalue weighted by Crippen LogP contribution is 2.17. The average molecular weight is 308 g/mol. The van der Waals surface area contributed by atoms with Gasteiger partial charge in [0.05, 0.1) is 18.1 Å². The lowest BCUT2D eigenvalue weighted by molar-refractivity contribution is -0.384. The number of hydrogen-bond donors (Lipinski definition) is 1. The lowest BCUT2D eigenvalue weighted by Crippen LogP contribution is -2.19. The second kappa shape index (κ2) is 8.40. The van der Waals surface area contributed by atoms with Gasteiger partial charge in [-0.2, -0.15) is 0 Å². The highest BCUT2D eigenvalue weighted by molar-refractivity contribution is 6.14. The fraction of sp³-hybridized carbons (Fsp3) is 0.286. The SMILES string of the molecule is CCOC(=O)C(=CNc1cccc([N+](=O)[O-])c1)C(=O)OCC. The van der Waals surface area contributed by atoms with Crippen LogP contribution in [-0.2, 0) is 19.1 Å². The predicted molar refractivity (Wildman–Crippen MR) is 78.1 cm³/mol. The first-order valence-electron chi connectivity index (χ1n) is 6.55. The number of nitrogens with zero attached hydrogens (tertiary/aromatic N) is 1. The van der Waals surface area contributed by atoms with Crippen molar-refractivity contribution in [2.45, 2.75) is 13.8 Å². The van der Waals surface area contributed by atoms with Gasteiger partial charge in [0.2, 0.25) is 0 Å². The summed E-state index contributed by atoms with van der Waals surface area (Å²) >= 11 is 0. The molecule has 0 saturated carbocycles. The summed E-state index contributed by atoms with van der Waals surface area (Å²) in [5, 5.41) is 13.3. The molecule has 0 radical (unpaired) electrons. The van der Waals surface area contributed by atoms with Crippen LogP contribution in [0.5, 0.6) is 0 Å². The van der Waals surface area contributed by atoms with Gasteiger partial charge in [-0.05, 0) is 19.9 Å². The van der Waals surface area contributed by atoms with Crippen molar-refractivity contribution < 1.29 is 24.0 Å². The van der Waals surface area contributed by atoms with Gasteiger partial charge in [0.15, 0.2) is 5.57 Å². The Kier molecular flexibility index (Phi) is 6.55.